The van der Waals surface area contributed by atoms with Gasteiger partial charge in [-0.3, -0.25) is 0 Å². The average molecular weight is 221 g/mol. The minimum atomic E-state index is -4.26. The van der Waals surface area contributed by atoms with Crippen molar-refractivity contribution in [3.05, 3.63) is 29.8 Å². The molecule has 1 aromatic rings. The maximum Gasteiger partial charge on any atom is 0.446 e. The van der Waals surface area contributed by atoms with Crippen LogP contribution in [-0.4, -0.2) is 5.51 Å². The van der Waals surface area contributed by atoms with Crippen LogP contribution in [0.15, 0.2) is 29.2 Å². The highest BCUT2D eigenvalue weighted by molar-refractivity contribution is 8.00. The fourth-order valence-corrected chi connectivity index (χ4v) is 1.84. The molecular formula is C9H10F3NS. The summed E-state index contributed by atoms with van der Waals surface area (Å²) in [6, 6.07) is 5.90. The Bertz CT molecular complexity index is 309. The van der Waals surface area contributed by atoms with E-state index in [-0.39, 0.29) is 22.7 Å². The predicted octanol–water partition coefficient (Wildman–Crippen LogP) is 3.32. The van der Waals surface area contributed by atoms with Crippen LogP contribution in [0.3, 0.4) is 0 Å². The number of alkyl halides is 3. The first-order valence-electron chi connectivity index (χ1n) is 4.00. The second kappa shape index (κ2) is 4.23. The van der Waals surface area contributed by atoms with Crippen LogP contribution in [0, 0.1) is 0 Å². The molecular weight excluding hydrogens is 211 g/mol. The molecule has 0 aromatic heterocycles. The molecule has 0 heterocycles. The number of halogens is 3. The summed E-state index contributed by atoms with van der Waals surface area (Å²) in [6.45, 7) is 1.66. The van der Waals surface area contributed by atoms with Gasteiger partial charge in [0.25, 0.3) is 0 Å². The van der Waals surface area contributed by atoms with E-state index in [1.165, 1.54) is 6.07 Å². The molecule has 0 saturated carbocycles. The van der Waals surface area contributed by atoms with Crippen LogP contribution >= 0.6 is 11.8 Å². The van der Waals surface area contributed by atoms with Gasteiger partial charge < -0.3 is 5.73 Å². The number of rotatable bonds is 2. The highest BCUT2D eigenvalue weighted by atomic mass is 32.2. The number of thioether (sulfide) groups is 1. The van der Waals surface area contributed by atoms with Crippen molar-refractivity contribution in [3.63, 3.8) is 0 Å². The zero-order valence-corrected chi connectivity index (χ0v) is 8.32. The van der Waals surface area contributed by atoms with Crippen LogP contribution in [0.2, 0.25) is 0 Å². The normalized spacial score (nSPS) is 14.1. The summed E-state index contributed by atoms with van der Waals surface area (Å²) in [5.41, 5.74) is 1.82. The van der Waals surface area contributed by atoms with Crippen molar-refractivity contribution in [2.24, 2.45) is 5.73 Å². The van der Waals surface area contributed by atoms with Gasteiger partial charge in [-0.25, -0.2) is 0 Å². The van der Waals surface area contributed by atoms with E-state index in [1.54, 1.807) is 25.1 Å². The van der Waals surface area contributed by atoms with Gasteiger partial charge >= 0.3 is 5.51 Å². The third-order valence-corrected chi connectivity index (χ3v) is 2.46. The summed E-state index contributed by atoms with van der Waals surface area (Å²) in [4.78, 5) is 0.176. The van der Waals surface area contributed by atoms with E-state index < -0.39 is 5.51 Å². The van der Waals surface area contributed by atoms with Gasteiger partial charge in [0, 0.05) is 10.9 Å². The van der Waals surface area contributed by atoms with Crippen molar-refractivity contribution in [3.8, 4) is 0 Å². The van der Waals surface area contributed by atoms with Crippen LogP contribution in [0.4, 0.5) is 13.2 Å². The molecule has 0 spiro atoms. The quantitative estimate of drug-likeness (QED) is 0.775. The Balaban J connectivity index is 2.96. The molecule has 1 aromatic carbocycles. The summed E-state index contributed by atoms with van der Waals surface area (Å²) in [5, 5.41) is 0. The van der Waals surface area contributed by atoms with Crippen molar-refractivity contribution in [1.82, 2.24) is 0 Å². The molecule has 0 saturated heterocycles. The van der Waals surface area contributed by atoms with Crippen molar-refractivity contribution in [2.45, 2.75) is 23.4 Å². The van der Waals surface area contributed by atoms with E-state index >= 15 is 0 Å². The van der Waals surface area contributed by atoms with E-state index in [0.717, 1.165) is 0 Å². The van der Waals surface area contributed by atoms with Crippen LogP contribution in [-0.2, 0) is 0 Å². The lowest BCUT2D eigenvalue weighted by molar-refractivity contribution is -0.0328. The van der Waals surface area contributed by atoms with Crippen molar-refractivity contribution >= 4 is 11.8 Å². The van der Waals surface area contributed by atoms with Gasteiger partial charge in [-0.1, -0.05) is 18.2 Å². The minimum absolute atomic E-state index is 0.124. The minimum Gasteiger partial charge on any atom is -0.324 e. The maximum atomic E-state index is 12.1. The topological polar surface area (TPSA) is 26.0 Å². The van der Waals surface area contributed by atoms with Gasteiger partial charge in [0.2, 0.25) is 0 Å². The number of benzene rings is 1. The van der Waals surface area contributed by atoms with Crippen molar-refractivity contribution in [2.75, 3.05) is 0 Å². The van der Waals surface area contributed by atoms with Gasteiger partial charge in [-0.05, 0) is 30.3 Å². The highest BCUT2D eigenvalue weighted by Crippen LogP contribution is 2.39. The molecule has 78 valence electrons. The van der Waals surface area contributed by atoms with E-state index in [4.69, 9.17) is 5.73 Å². The summed E-state index contributed by atoms with van der Waals surface area (Å²) in [6.07, 6.45) is 0. The molecule has 2 N–H and O–H groups in total. The SMILES string of the molecule is CC(N)c1ccccc1SC(F)(F)F. The molecule has 0 aliphatic rings. The van der Waals surface area contributed by atoms with Crippen LogP contribution in [0.25, 0.3) is 0 Å². The molecule has 1 nitrogen and oxygen atoms in total. The predicted molar refractivity (Wildman–Crippen MR) is 51.0 cm³/mol. The van der Waals surface area contributed by atoms with E-state index in [1.807, 2.05) is 0 Å². The van der Waals surface area contributed by atoms with E-state index in [2.05, 4.69) is 0 Å². The van der Waals surface area contributed by atoms with Gasteiger partial charge in [-0.2, -0.15) is 13.2 Å². The summed E-state index contributed by atoms with van der Waals surface area (Å²) < 4.78 is 36.3. The third-order valence-electron chi connectivity index (χ3n) is 1.64. The fraction of sp³-hybridized carbons (Fsp3) is 0.333. The molecule has 0 aliphatic heterocycles. The largest absolute Gasteiger partial charge is 0.446 e. The maximum absolute atomic E-state index is 12.1. The monoisotopic (exact) mass is 221 g/mol. The second-order valence-electron chi connectivity index (χ2n) is 2.87. The second-order valence-corrected chi connectivity index (χ2v) is 3.98. The summed E-state index contributed by atoms with van der Waals surface area (Å²) >= 11 is -0.124. The molecule has 0 aliphatic carbocycles. The Hall–Kier alpha value is -0.680. The van der Waals surface area contributed by atoms with Crippen molar-refractivity contribution < 1.29 is 13.2 Å². The fourth-order valence-electron chi connectivity index (χ4n) is 1.07. The lowest BCUT2D eigenvalue weighted by atomic mass is 10.1. The molecule has 1 atom stereocenters. The van der Waals surface area contributed by atoms with Gasteiger partial charge in [-0.15, -0.1) is 0 Å². The molecule has 1 rings (SSSR count). The first-order chi connectivity index (χ1) is 6.40. The van der Waals surface area contributed by atoms with E-state index in [9.17, 15) is 13.2 Å². The molecule has 14 heavy (non-hydrogen) atoms. The summed E-state index contributed by atoms with van der Waals surface area (Å²) in [7, 11) is 0. The molecule has 0 radical (unpaired) electrons. The lowest BCUT2D eigenvalue weighted by Gasteiger charge is -2.13. The van der Waals surface area contributed by atoms with Crippen molar-refractivity contribution in [1.29, 1.82) is 0 Å². The Kier molecular flexibility index (Phi) is 3.44. The number of hydrogen-bond acceptors (Lipinski definition) is 2. The van der Waals surface area contributed by atoms with Crippen LogP contribution < -0.4 is 5.73 Å². The van der Waals surface area contributed by atoms with Gasteiger partial charge in [0.05, 0.1) is 0 Å². The zero-order chi connectivity index (χ0) is 10.8. The third kappa shape index (κ3) is 3.23. The van der Waals surface area contributed by atoms with Crippen LogP contribution in [0.1, 0.15) is 18.5 Å². The Morgan fingerprint density at radius 3 is 2.36 bits per heavy atom. The van der Waals surface area contributed by atoms with E-state index in [0.29, 0.717) is 5.56 Å². The molecule has 0 fully saturated rings. The van der Waals surface area contributed by atoms with Gasteiger partial charge in [0.1, 0.15) is 0 Å². The lowest BCUT2D eigenvalue weighted by Crippen LogP contribution is -2.08. The highest BCUT2D eigenvalue weighted by Gasteiger charge is 2.30. The molecule has 5 heteroatoms. The Labute approximate surface area is 84.5 Å². The Morgan fingerprint density at radius 1 is 1.29 bits per heavy atom. The Morgan fingerprint density at radius 2 is 1.86 bits per heavy atom. The first kappa shape index (κ1) is 11.4. The first-order valence-corrected chi connectivity index (χ1v) is 4.82. The van der Waals surface area contributed by atoms with Gasteiger partial charge in [0.15, 0.2) is 0 Å². The van der Waals surface area contributed by atoms with Crippen LogP contribution in [0.5, 0.6) is 0 Å². The smallest absolute Gasteiger partial charge is 0.324 e. The molecule has 1 unspecified atom stereocenters. The average Bonchev–Trinajstić information content (AvgIpc) is 2.01. The number of hydrogen-bond donors (Lipinski definition) is 1. The molecule has 0 amide bonds. The zero-order valence-electron chi connectivity index (χ0n) is 7.51. The molecule has 0 bridgehead atoms. The summed E-state index contributed by atoms with van der Waals surface area (Å²) in [5.74, 6) is 0. The standard InChI is InChI=1S/C9H10F3NS/c1-6(13)7-4-2-3-5-8(7)14-9(10,11)12/h2-6H,13H2,1H3. The number of nitrogens with two attached hydrogens (primary N) is 1.